The van der Waals surface area contributed by atoms with Crippen molar-refractivity contribution in [2.24, 2.45) is 43.4 Å². The average Bonchev–Trinajstić information content (AvgIpc) is 3.40. The minimum atomic E-state index is -1.47. The molecule has 0 heterocycles. The summed E-state index contributed by atoms with van der Waals surface area (Å²) in [6, 6.07) is 22.4. The van der Waals surface area contributed by atoms with Gasteiger partial charge in [-0.25, -0.2) is 0 Å². The largest absolute Gasteiger partial charge is 0.394 e. The van der Waals surface area contributed by atoms with E-state index in [4.69, 9.17) is 22.9 Å². The Balaban J connectivity index is 1.50. The maximum absolute atomic E-state index is 14.1. The van der Waals surface area contributed by atoms with E-state index in [1.54, 1.807) is 72.8 Å². The predicted octanol–water partition coefficient (Wildman–Crippen LogP) is 1.29. The van der Waals surface area contributed by atoms with E-state index >= 15 is 0 Å². The van der Waals surface area contributed by atoms with Gasteiger partial charge in [0.25, 0.3) is 0 Å². The molecule has 0 aromatic heterocycles. The molecule has 0 bridgehead atoms. The highest BCUT2D eigenvalue weighted by molar-refractivity contribution is 5.97. The third-order valence-electron chi connectivity index (χ3n) is 11.4. The summed E-state index contributed by atoms with van der Waals surface area (Å²) in [5, 5.41) is 51.7. The summed E-state index contributed by atoms with van der Waals surface area (Å²) in [5.74, 6) is -5.77. The summed E-state index contributed by atoms with van der Waals surface area (Å²) in [7, 11) is 0. The molecule has 0 saturated carbocycles. The Kier molecular flexibility index (Phi) is 25.1. The highest BCUT2D eigenvalue weighted by Crippen LogP contribution is 2.21. The molecule has 0 spiro atoms. The first-order valence-corrected chi connectivity index (χ1v) is 24.2. The molecule has 23 nitrogen and oxygen atoms in total. The molecule has 0 aliphatic rings. The molecule has 7 amide bonds. The van der Waals surface area contributed by atoms with Gasteiger partial charge >= 0.3 is 0 Å². The van der Waals surface area contributed by atoms with E-state index in [1.165, 1.54) is 6.92 Å². The van der Waals surface area contributed by atoms with Crippen LogP contribution in [0, 0.1) is 0 Å². The molecule has 0 unspecified atom stereocenters. The van der Waals surface area contributed by atoms with E-state index in [0.29, 0.717) is 59.6 Å². The molecule has 7 atom stereocenters. The summed E-state index contributed by atoms with van der Waals surface area (Å²) in [4.78, 5) is 94.4. The highest BCUT2D eigenvalue weighted by atomic mass is 16.3. The normalized spacial score (nSPS) is 14.1. The zero-order valence-corrected chi connectivity index (χ0v) is 41.3. The maximum atomic E-state index is 14.1. The third kappa shape index (κ3) is 20.4. The molecule has 396 valence electrons. The number of hydrogen-bond donors (Lipinski definition) is 12. The number of amides is 7. The van der Waals surface area contributed by atoms with Crippen LogP contribution < -0.4 is 54.8 Å². The van der Waals surface area contributed by atoms with E-state index in [1.807, 2.05) is 36.4 Å². The zero-order chi connectivity index (χ0) is 53.8. The molecule has 4 aromatic rings. The van der Waals surface area contributed by atoms with Crippen molar-refractivity contribution in [1.29, 1.82) is 0 Å². The molecule has 0 fully saturated rings. The second-order valence-corrected chi connectivity index (χ2v) is 17.3. The monoisotopic (exact) mass is 1020 g/mol. The van der Waals surface area contributed by atoms with Crippen molar-refractivity contribution in [3.8, 4) is 0 Å². The Bertz CT molecular complexity index is 2480. The van der Waals surface area contributed by atoms with E-state index in [2.05, 4.69) is 52.4 Å². The van der Waals surface area contributed by atoms with Crippen LogP contribution in [-0.2, 0) is 46.4 Å². The van der Waals surface area contributed by atoms with Gasteiger partial charge < -0.3 is 65.0 Å². The second kappa shape index (κ2) is 31.6. The third-order valence-corrected chi connectivity index (χ3v) is 11.4. The van der Waals surface area contributed by atoms with Crippen LogP contribution in [0.3, 0.4) is 0 Å². The van der Waals surface area contributed by atoms with Crippen LogP contribution in [0.15, 0.2) is 130 Å². The van der Waals surface area contributed by atoms with Crippen LogP contribution in [0.2, 0.25) is 0 Å². The van der Waals surface area contributed by atoms with Crippen LogP contribution in [0.25, 0.3) is 0 Å². The number of aliphatic hydroxyl groups is 2. The standard InChI is InChI=1S/C51H68N14O9/c1-32(56-48(71)40(16-8-10-26-52)58-50(73)42(59-47(70)39(54)30-66)28-33-18-22-37(23-19-33)64-62-35-12-4-2-5-13-35)46(69)57-41(17-9-11-27-53)49(72)60-43(51(74)61-44(31-67)45(55)68)29-34-20-24-38(25-21-34)65-63-36-14-6-3-7-15-36/h2-7,12-15,18-25,32,39-44,66-67H,8-11,16-17,26-31,52-54H2,1H3,(H2,55,68)(H,56,71)(H,57,69)(H,58,73)(H,59,70)(H,60,72)(H,61,74)/t32-,39-,40-,41-,42-,43-,44-/m0/s1. The zero-order valence-electron chi connectivity index (χ0n) is 41.3. The van der Waals surface area contributed by atoms with Crippen LogP contribution in [0.1, 0.15) is 56.6 Å². The van der Waals surface area contributed by atoms with Crippen molar-refractivity contribution in [2.75, 3.05) is 26.3 Å². The average molecular weight is 1020 g/mol. The molecular weight excluding hydrogens is 953 g/mol. The van der Waals surface area contributed by atoms with Crippen LogP contribution in [0.5, 0.6) is 0 Å². The molecule has 0 aliphatic carbocycles. The van der Waals surface area contributed by atoms with Crippen molar-refractivity contribution < 1.29 is 43.8 Å². The summed E-state index contributed by atoms with van der Waals surface area (Å²) in [5.41, 5.74) is 26.1. The van der Waals surface area contributed by atoms with Gasteiger partial charge in [0.15, 0.2) is 0 Å². The SMILES string of the molecule is C[C@H](NC(=O)[C@H](CCCCN)NC(=O)[C@H](Cc1ccc(N=Nc2ccccc2)cc1)NC(=O)[C@@H](N)CO)C(=O)N[C@@H](CCCCN)C(=O)N[C@@H](Cc1ccc(N=Nc2ccccc2)cc1)C(=O)N[C@@H](CO)C(N)=O. The molecule has 23 heteroatoms. The number of rotatable bonds is 31. The maximum Gasteiger partial charge on any atom is 0.243 e. The quantitative estimate of drug-likeness (QED) is 0.0251. The Hall–Kier alpha value is -7.83. The predicted molar refractivity (Wildman–Crippen MR) is 276 cm³/mol. The fourth-order valence-corrected chi connectivity index (χ4v) is 7.09. The van der Waals surface area contributed by atoms with E-state index < -0.39 is 96.9 Å². The lowest BCUT2D eigenvalue weighted by molar-refractivity contribution is -0.135. The lowest BCUT2D eigenvalue weighted by atomic mass is 10.0. The van der Waals surface area contributed by atoms with Crippen LogP contribution in [0.4, 0.5) is 22.7 Å². The molecule has 4 rings (SSSR count). The summed E-state index contributed by atoms with van der Waals surface area (Å²) in [6.07, 6.45) is 1.72. The van der Waals surface area contributed by atoms with Gasteiger partial charge in [0.05, 0.1) is 36.0 Å². The smallest absolute Gasteiger partial charge is 0.243 e. The van der Waals surface area contributed by atoms with Gasteiger partial charge in [-0.1, -0.05) is 60.7 Å². The number of carbonyl (C=O) groups excluding carboxylic acids is 7. The Morgan fingerprint density at radius 2 is 0.797 bits per heavy atom. The van der Waals surface area contributed by atoms with Crippen LogP contribution in [-0.4, -0.2) is 120 Å². The second-order valence-electron chi connectivity index (χ2n) is 17.3. The van der Waals surface area contributed by atoms with E-state index in [-0.39, 0.29) is 38.8 Å². The highest BCUT2D eigenvalue weighted by Gasteiger charge is 2.32. The summed E-state index contributed by atoms with van der Waals surface area (Å²) in [6.45, 7) is 0.439. The lowest BCUT2D eigenvalue weighted by Crippen LogP contribution is -2.60. The number of nitrogens with one attached hydrogen (secondary N) is 6. The van der Waals surface area contributed by atoms with Crippen molar-refractivity contribution in [1.82, 2.24) is 31.9 Å². The van der Waals surface area contributed by atoms with Crippen molar-refractivity contribution in [2.45, 2.75) is 101 Å². The molecule has 74 heavy (non-hydrogen) atoms. The molecule has 0 saturated heterocycles. The number of aliphatic hydroxyl groups excluding tert-OH is 2. The minimum Gasteiger partial charge on any atom is -0.394 e. The number of hydrogen-bond acceptors (Lipinski definition) is 16. The Morgan fingerprint density at radius 3 is 1.19 bits per heavy atom. The number of unbranched alkanes of at least 4 members (excludes halogenated alkanes) is 2. The fourth-order valence-electron chi connectivity index (χ4n) is 7.09. The molecule has 0 aliphatic heterocycles. The van der Waals surface area contributed by atoms with Gasteiger partial charge in [-0.15, -0.1) is 0 Å². The summed E-state index contributed by atoms with van der Waals surface area (Å²) >= 11 is 0. The first-order chi connectivity index (χ1) is 35.6. The van der Waals surface area contributed by atoms with Crippen LogP contribution >= 0.6 is 0 Å². The fraction of sp³-hybridized carbons (Fsp3) is 0.392. The van der Waals surface area contributed by atoms with Gasteiger partial charge in [-0.05, 0) is 118 Å². The van der Waals surface area contributed by atoms with Gasteiger partial charge in [-0.2, -0.15) is 20.5 Å². The minimum absolute atomic E-state index is 0.0562. The number of nitrogens with zero attached hydrogens (tertiary/aromatic N) is 4. The number of benzene rings is 4. The molecular formula is C51H68N14O9. The first kappa shape index (κ1) is 58.7. The molecule has 0 radical (unpaired) electrons. The Morgan fingerprint density at radius 1 is 0.446 bits per heavy atom. The molecule has 16 N–H and O–H groups in total. The van der Waals surface area contributed by atoms with Crippen molar-refractivity contribution in [3.05, 3.63) is 120 Å². The first-order valence-electron chi connectivity index (χ1n) is 24.2. The molecule has 4 aromatic carbocycles. The number of primary amides is 1. The number of azo groups is 2. The summed E-state index contributed by atoms with van der Waals surface area (Å²) < 4.78 is 0. The lowest BCUT2D eigenvalue weighted by Gasteiger charge is -2.27. The van der Waals surface area contributed by atoms with Gasteiger partial charge in [0.1, 0.15) is 42.3 Å². The van der Waals surface area contributed by atoms with Crippen molar-refractivity contribution in [3.63, 3.8) is 0 Å². The van der Waals surface area contributed by atoms with Gasteiger partial charge in [-0.3, -0.25) is 33.6 Å². The number of carbonyl (C=O) groups is 7. The topological polar surface area (TPSA) is 386 Å². The van der Waals surface area contributed by atoms with Crippen molar-refractivity contribution >= 4 is 64.1 Å². The van der Waals surface area contributed by atoms with E-state index in [0.717, 1.165) is 0 Å². The Labute approximate surface area is 429 Å². The van der Waals surface area contributed by atoms with Gasteiger partial charge in [0, 0.05) is 12.8 Å². The number of nitrogens with two attached hydrogens (primary N) is 4. The van der Waals surface area contributed by atoms with E-state index in [9.17, 15) is 43.8 Å². The van der Waals surface area contributed by atoms with Gasteiger partial charge in [0.2, 0.25) is 41.4 Å².